The third kappa shape index (κ3) is 2.31. The first kappa shape index (κ1) is 12.8. The lowest BCUT2D eigenvalue weighted by molar-refractivity contribution is -0.0370. The summed E-state index contributed by atoms with van der Waals surface area (Å²) in [7, 11) is 0. The Kier molecular flexibility index (Phi) is 3.26. The number of aromatic nitrogens is 1. The molecule has 0 bridgehead atoms. The molecule has 0 aliphatic carbocycles. The van der Waals surface area contributed by atoms with E-state index < -0.39 is 0 Å². The second-order valence-corrected chi connectivity index (χ2v) is 5.23. The first-order chi connectivity index (χ1) is 8.42. The van der Waals surface area contributed by atoms with Gasteiger partial charge >= 0.3 is 0 Å². The molecule has 2 N–H and O–H groups in total. The van der Waals surface area contributed by atoms with E-state index in [1.165, 1.54) is 0 Å². The number of carbonyl (C=O) groups excluding carboxylic acids is 1. The number of ether oxygens (including phenoxy) is 1. The van der Waals surface area contributed by atoms with Gasteiger partial charge in [-0.25, -0.2) is 0 Å². The van der Waals surface area contributed by atoms with E-state index >= 15 is 0 Å². The molecule has 1 aliphatic rings. The van der Waals surface area contributed by atoms with Gasteiger partial charge in [-0.2, -0.15) is 0 Å². The van der Waals surface area contributed by atoms with E-state index in [-0.39, 0.29) is 11.4 Å². The third-order valence-corrected chi connectivity index (χ3v) is 3.19. The molecule has 2 rings (SSSR count). The van der Waals surface area contributed by atoms with Crippen LogP contribution in [0, 0.1) is 6.92 Å². The minimum atomic E-state index is -0.313. The smallest absolute Gasteiger partial charge is 0.258 e. The highest BCUT2D eigenvalue weighted by molar-refractivity contribution is 5.99. The van der Waals surface area contributed by atoms with Crippen molar-refractivity contribution in [3.63, 3.8) is 0 Å². The molecule has 1 saturated heterocycles. The van der Waals surface area contributed by atoms with Gasteiger partial charge in [0.25, 0.3) is 5.91 Å². The Morgan fingerprint density at radius 2 is 2.28 bits per heavy atom. The van der Waals surface area contributed by atoms with Gasteiger partial charge in [-0.05, 0) is 26.8 Å². The van der Waals surface area contributed by atoms with Crippen LogP contribution < -0.4 is 5.73 Å². The van der Waals surface area contributed by atoms with Gasteiger partial charge in [0.2, 0.25) is 0 Å². The summed E-state index contributed by atoms with van der Waals surface area (Å²) in [6.45, 7) is 7.51. The monoisotopic (exact) mass is 249 g/mol. The highest BCUT2D eigenvalue weighted by atomic mass is 16.5. The lowest BCUT2D eigenvalue weighted by atomic mass is 10.0. The van der Waals surface area contributed by atoms with Crippen molar-refractivity contribution in [1.29, 1.82) is 0 Å². The number of hydrogen-bond acceptors (Lipinski definition) is 4. The van der Waals surface area contributed by atoms with E-state index in [4.69, 9.17) is 10.5 Å². The molecule has 0 unspecified atom stereocenters. The largest absolute Gasteiger partial charge is 0.398 e. The number of nitrogen functional groups attached to an aromatic ring is 1. The van der Waals surface area contributed by atoms with Crippen molar-refractivity contribution in [2.75, 3.05) is 25.5 Å². The van der Waals surface area contributed by atoms with Crippen molar-refractivity contribution in [2.45, 2.75) is 26.3 Å². The Morgan fingerprint density at radius 1 is 1.56 bits per heavy atom. The van der Waals surface area contributed by atoms with Crippen molar-refractivity contribution < 1.29 is 9.53 Å². The van der Waals surface area contributed by atoms with Crippen LogP contribution in [0.3, 0.4) is 0 Å². The Balaban J connectivity index is 2.30. The number of anilines is 1. The van der Waals surface area contributed by atoms with Gasteiger partial charge in [0.05, 0.1) is 24.3 Å². The fourth-order valence-corrected chi connectivity index (χ4v) is 2.14. The van der Waals surface area contributed by atoms with Crippen LogP contribution in [0.5, 0.6) is 0 Å². The molecule has 0 radical (unpaired) electrons. The highest BCUT2D eigenvalue weighted by Crippen LogP contribution is 2.23. The number of aryl methyl sites for hydroxylation is 1. The Hall–Kier alpha value is -1.62. The summed E-state index contributed by atoms with van der Waals surface area (Å²) in [5.74, 6) is -0.0756. The molecule has 5 heteroatoms. The van der Waals surface area contributed by atoms with Crippen LogP contribution in [0.1, 0.15) is 29.9 Å². The molecule has 98 valence electrons. The minimum absolute atomic E-state index is 0.0756. The van der Waals surface area contributed by atoms with Gasteiger partial charge in [0.1, 0.15) is 0 Å². The zero-order chi connectivity index (χ0) is 13.3. The van der Waals surface area contributed by atoms with E-state index in [0.717, 1.165) is 5.69 Å². The molecule has 2 heterocycles. The molecule has 0 spiro atoms. The topological polar surface area (TPSA) is 68.5 Å². The molecule has 1 amide bonds. The molecule has 1 aliphatic heterocycles. The molecule has 5 nitrogen and oxygen atoms in total. The summed E-state index contributed by atoms with van der Waals surface area (Å²) in [5, 5.41) is 0. The number of rotatable bonds is 1. The van der Waals surface area contributed by atoms with Crippen molar-refractivity contribution in [1.82, 2.24) is 9.88 Å². The fourth-order valence-electron chi connectivity index (χ4n) is 2.14. The van der Waals surface area contributed by atoms with Crippen molar-refractivity contribution in [3.8, 4) is 0 Å². The summed E-state index contributed by atoms with van der Waals surface area (Å²) < 4.78 is 5.41. The summed E-state index contributed by atoms with van der Waals surface area (Å²) in [5.41, 5.74) is 7.35. The molecule has 0 atom stereocenters. The molecular formula is C13H19N3O2. The van der Waals surface area contributed by atoms with Crippen LogP contribution in [0.4, 0.5) is 5.69 Å². The van der Waals surface area contributed by atoms with Gasteiger partial charge in [-0.1, -0.05) is 0 Å². The lowest BCUT2D eigenvalue weighted by Gasteiger charge is -2.42. The van der Waals surface area contributed by atoms with Crippen LogP contribution in [0.25, 0.3) is 0 Å². The first-order valence-electron chi connectivity index (χ1n) is 6.03. The van der Waals surface area contributed by atoms with E-state index in [9.17, 15) is 4.79 Å². The summed E-state index contributed by atoms with van der Waals surface area (Å²) in [6.07, 6.45) is 1.55. The maximum absolute atomic E-state index is 12.5. The number of nitrogens with two attached hydrogens (primary N) is 1. The second kappa shape index (κ2) is 4.57. The van der Waals surface area contributed by atoms with E-state index in [1.807, 2.05) is 20.8 Å². The molecule has 18 heavy (non-hydrogen) atoms. The number of pyridine rings is 1. The van der Waals surface area contributed by atoms with E-state index in [1.54, 1.807) is 17.2 Å². The van der Waals surface area contributed by atoms with Crippen LogP contribution in [0.2, 0.25) is 0 Å². The zero-order valence-electron chi connectivity index (χ0n) is 11.1. The molecule has 1 fully saturated rings. The van der Waals surface area contributed by atoms with Gasteiger partial charge in [0, 0.05) is 24.1 Å². The quantitative estimate of drug-likeness (QED) is 0.812. The van der Waals surface area contributed by atoms with Crippen LogP contribution in [-0.2, 0) is 4.74 Å². The third-order valence-electron chi connectivity index (χ3n) is 3.19. The molecule has 0 aromatic carbocycles. The lowest BCUT2D eigenvalue weighted by Crippen LogP contribution is -2.55. The van der Waals surface area contributed by atoms with E-state index in [0.29, 0.717) is 31.0 Å². The van der Waals surface area contributed by atoms with Gasteiger partial charge < -0.3 is 15.4 Å². The number of nitrogens with zero attached hydrogens (tertiary/aromatic N) is 2. The van der Waals surface area contributed by atoms with Gasteiger partial charge in [0.15, 0.2) is 0 Å². The highest BCUT2D eigenvalue weighted by Gasteiger charge is 2.35. The SMILES string of the molecule is Cc1cc(N)c(C(=O)N2CCOCC2(C)C)cn1. The van der Waals surface area contributed by atoms with Crippen molar-refractivity contribution in [3.05, 3.63) is 23.5 Å². The predicted molar refractivity (Wildman–Crippen MR) is 69.3 cm³/mol. The summed E-state index contributed by atoms with van der Waals surface area (Å²) in [4.78, 5) is 18.4. The molecule has 1 aromatic heterocycles. The Morgan fingerprint density at radius 3 is 2.89 bits per heavy atom. The second-order valence-electron chi connectivity index (χ2n) is 5.23. The number of hydrogen-bond donors (Lipinski definition) is 1. The van der Waals surface area contributed by atoms with Crippen LogP contribution >= 0.6 is 0 Å². The summed E-state index contributed by atoms with van der Waals surface area (Å²) >= 11 is 0. The van der Waals surface area contributed by atoms with E-state index in [2.05, 4.69) is 4.98 Å². The Labute approximate surface area is 107 Å². The number of amides is 1. The normalized spacial score (nSPS) is 18.7. The molecule has 0 saturated carbocycles. The Bertz CT molecular complexity index is 471. The van der Waals surface area contributed by atoms with Crippen LogP contribution in [0.15, 0.2) is 12.3 Å². The molecule has 1 aromatic rings. The fraction of sp³-hybridized carbons (Fsp3) is 0.538. The number of morpholine rings is 1. The molecular weight excluding hydrogens is 230 g/mol. The zero-order valence-corrected chi connectivity index (χ0v) is 11.1. The van der Waals surface area contributed by atoms with Gasteiger partial charge in [-0.3, -0.25) is 9.78 Å². The minimum Gasteiger partial charge on any atom is -0.398 e. The maximum atomic E-state index is 12.5. The van der Waals surface area contributed by atoms with Gasteiger partial charge in [-0.15, -0.1) is 0 Å². The van der Waals surface area contributed by atoms with Crippen molar-refractivity contribution in [2.24, 2.45) is 0 Å². The summed E-state index contributed by atoms with van der Waals surface area (Å²) in [6, 6.07) is 1.72. The number of carbonyl (C=O) groups is 1. The average molecular weight is 249 g/mol. The average Bonchev–Trinajstić information content (AvgIpc) is 2.27. The van der Waals surface area contributed by atoms with Crippen molar-refractivity contribution >= 4 is 11.6 Å². The standard InChI is InChI=1S/C13H19N3O2/c1-9-6-11(14)10(7-15-9)12(17)16-4-5-18-8-13(16,2)3/h6-7H,4-5,8H2,1-3H3,(H2,14,15). The van der Waals surface area contributed by atoms with Crippen LogP contribution in [-0.4, -0.2) is 41.1 Å². The first-order valence-corrected chi connectivity index (χ1v) is 6.03. The predicted octanol–water partition coefficient (Wildman–Crippen LogP) is 1.22. The maximum Gasteiger partial charge on any atom is 0.258 e.